The number of nitrogens with one attached hydrogen (secondary N) is 2. The first-order valence-corrected chi connectivity index (χ1v) is 9.88. The molecule has 0 unspecified atom stereocenters. The Bertz CT molecular complexity index is 880. The summed E-state index contributed by atoms with van der Waals surface area (Å²) in [7, 11) is -3.68. The van der Waals surface area contributed by atoms with Crippen molar-refractivity contribution in [1.29, 1.82) is 0 Å². The molecule has 0 heterocycles. The number of aryl methyl sites for hydroxylation is 1. The molecular weight excluding hydrogens is 368 g/mol. The fraction of sp³-hybridized carbons (Fsp3) is 0.263. The lowest BCUT2D eigenvalue weighted by molar-refractivity contribution is -0.152. The fourth-order valence-corrected chi connectivity index (χ4v) is 3.21. The van der Waals surface area contributed by atoms with Gasteiger partial charge in [0.15, 0.2) is 6.10 Å². The normalized spacial score (nSPS) is 12.2. The summed E-state index contributed by atoms with van der Waals surface area (Å²) >= 11 is 0. The minimum atomic E-state index is -3.68. The van der Waals surface area contributed by atoms with Gasteiger partial charge in [0.1, 0.15) is 0 Å². The van der Waals surface area contributed by atoms with E-state index in [1.54, 1.807) is 30.3 Å². The van der Waals surface area contributed by atoms with Gasteiger partial charge in [-0.05, 0) is 38.1 Å². The number of rotatable bonds is 8. The number of carbonyl (C=O) groups excluding carboxylic acids is 2. The van der Waals surface area contributed by atoms with Gasteiger partial charge in [-0.1, -0.05) is 35.9 Å². The number of sulfonamides is 1. The molecule has 2 N–H and O–H groups in total. The number of ether oxygens (including phenoxy) is 1. The highest BCUT2D eigenvalue weighted by atomic mass is 32.2. The number of amides is 1. The van der Waals surface area contributed by atoms with Crippen molar-refractivity contribution in [3.05, 3.63) is 60.2 Å². The summed E-state index contributed by atoms with van der Waals surface area (Å²) < 4.78 is 31.5. The molecule has 0 saturated carbocycles. The van der Waals surface area contributed by atoms with Gasteiger partial charge in [-0.2, -0.15) is 0 Å². The molecule has 0 spiro atoms. The zero-order valence-electron chi connectivity index (χ0n) is 15.1. The van der Waals surface area contributed by atoms with Gasteiger partial charge >= 0.3 is 5.97 Å². The van der Waals surface area contributed by atoms with Crippen LogP contribution < -0.4 is 10.0 Å². The lowest BCUT2D eigenvalue weighted by atomic mass is 10.2. The molecule has 2 rings (SSSR count). The zero-order valence-corrected chi connectivity index (χ0v) is 16.0. The van der Waals surface area contributed by atoms with E-state index in [0.717, 1.165) is 5.56 Å². The molecule has 1 amide bonds. The molecule has 144 valence electrons. The highest BCUT2D eigenvalue weighted by Crippen LogP contribution is 2.10. The predicted molar refractivity (Wildman–Crippen MR) is 102 cm³/mol. The summed E-state index contributed by atoms with van der Waals surface area (Å²) in [5, 5.41) is 2.65. The van der Waals surface area contributed by atoms with Crippen molar-refractivity contribution in [3.8, 4) is 0 Å². The van der Waals surface area contributed by atoms with E-state index in [4.69, 9.17) is 4.74 Å². The van der Waals surface area contributed by atoms with E-state index < -0.39 is 28.0 Å². The van der Waals surface area contributed by atoms with Gasteiger partial charge < -0.3 is 10.1 Å². The largest absolute Gasteiger partial charge is 0.452 e. The van der Waals surface area contributed by atoms with Crippen LogP contribution in [0.5, 0.6) is 0 Å². The Kier molecular flexibility index (Phi) is 7.09. The summed E-state index contributed by atoms with van der Waals surface area (Å²) in [5.74, 6) is -1.13. The Morgan fingerprint density at radius 1 is 1.04 bits per heavy atom. The van der Waals surface area contributed by atoms with Crippen molar-refractivity contribution < 1.29 is 22.7 Å². The van der Waals surface area contributed by atoms with Gasteiger partial charge in [0.05, 0.1) is 11.3 Å². The van der Waals surface area contributed by atoms with Crippen LogP contribution in [0.4, 0.5) is 5.69 Å². The molecule has 2 aromatic carbocycles. The smallest absolute Gasteiger partial charge is 0.307 e. The van der Waals surface area contributed by atoms with Crippen LogP contribution in [0.15, 0.2) is 59.5 Å². The van der Waals surface area contributed by atoms with Crippen molar-refractivity contribution in [1.82, 2.24) is 4.72 Å². The van der Waals surface area contributed by atoms with Gasteiger partial charge in [-0.3, -0.25) is 9.59 Å². The van der Waals surface area contributed by atoms with Crippen LogP contribution in [0.2, 0.25) is 0 Å². The first-order chi connectivity index (χ1) is 12.8. The Labute approximate surface area is 158 Å². The van der Waals surface area contributed by atoms with Crippen LogP contribution >= 0.6 is 0 Å². The molecule has 0 bridgehead atoms. The molecule has 27 heavy (non-hydrogen) atoms. The second kappa shape index (κ2) is 9.29. The lowest BCUT2D eigenvalue weighted by Crippen LogP contribution is -2.32. The first-order valence-electron chi connectivity index (χ1n) is 8.39. The van der Waals surface area contributed by atoms with E-state index in [2.05, 4.69) is 10.0 Å². The van der Waals surface area contributed by atoms with Crippen molar-refractivity contribution in [2.45, 2.75) is 31.3 Å². The summed E-state index contributed by atoms with van der Waals surface area (Å²) in [5.41, 5.74) is 1.66. The number of esters is 1. The third kappa shape index (κ3) is 6.50. The van der Waals surface area contributed by atoms with Gasteiger partial charge in [-0.15, -0.1) is 0 Å². The Morgan fingerprint density at radius 2 is 1.67 bits per heavy atom. The number of hydrogen-bond donors (Lipinski definition) is 2. The van der Waals surface area contributed by atoms with Crippen molar-refractivity contribution in [2.24, 2.45) is 0 Å². The second-order valence-electron chi connectivity index (χ2n) is 5.95. The molecule has 0 aliphatic carbocycles. The van der Waals surface area contributed by atoms with Crippen LogP contribution in [-0.2, 0) is 24.3 Å². The molecule has 0 aliphatic rings. The van der Waals surface area contributed by atoms with E-state index in [1.165, 1.54) is 19.1 Å². The molecular formula is C19H22N2O5S. The second-order valence-corrected chi connectivity index (χ2v) is 7.72. The number of carbonyl (C=O) groups is 2. The van der Waals surface area contributed by atoms with Crippen molar-refractivity contribution >= 4 is 27.6 Å². The maximum Gasteiger partial charge on any atom is 0.307 e. The van der Waals surface area contributed by atoms with Gasteiger partial charge in [0.25, 0.3) is 5.91 Å². The highest BCUT2D eigenvalue weighted by molar-refractivity contribution is 7.89. The highest BCUT2D eigenvalue weighted by Gasteiger charge is 2.19. The van der Waals surface area contributed by atoms with E-state index >= 15 is 0 Å². The minimum Gasteiger partial charge on any atom is -0.452 e. The third-order valence-electron chi connectivity index (χ3n) is 3.67. The molecule has 0 aliphatic heterocycles. The standard InChI is InChI=1S/C19H22N2O5S/c1-14-8-10-16(11-9-14)21-19(23)15(2)26-18(22)12-13-20-27(24,25)17-6-4-3-5-7-17/h3-11,15,20H,12-13H2,1-2H3,(H,21,23)/t15-/m0/s1. The van der Waals surface area contributed by atoms with Crippen LogP contribution in [0, 0.1) is 6.92 Å². The minimum absolute atomic E-state index is 0.115. The average Bonchev–Trinajstić information content (AvgIpc) is 2.64. The summed E-state index contributed by atoms with van der Waals surface area (Å²) in [6, 6.07) is 15.0. The maximum atomic E-state index is 12.1. The van der Waals surface area contributed by atoms with Crippen molar-refractivity contribution in [2.75, 3.05) is 11.9 Å². The average molecular weight is 390 g/mol. The SMILES string of the molecule is Cc1ccc(NC(=O)[C@H](C)OC(=O)CCNS(=O)(=O)c2ccccc2)cc1. The monoisotopic (exact) mass is 390 g/mol. The molecule has 7 nitrogen and oxygen atoms in total. The summed E-state index contributed by atoms with van der Waals surface area (Å²) in [4.78, 5) is 24.0. The van der Waals surface area contributed by atoms with Crippen LogP contribution in [0.1, 0.15) is 18.9 Å². The Morgan fingerprint density at radius 3 is 2.30 bits per heavy atom. The zero-order chi connectivity index (χ0) is 19.9. The number of hydrogen-bond acceptors (Lipinski definition) is 5. The van der Waals surface area contributed by atoms with Gasteiger partial charge in [0.2, 0.25) is 10.0 Å². The Balaban J connectivity index is 1.77. The summed E-state index contributed by atoms with van der Waals surface area (Å²) in [6.07, 6.45) is -1.18. The van der Waals surface area contributed by atoms with Gasteiger partial charge in [-0.25, -0.2) is 13.1 Å². The molecule has 0 fully saturated rings. The molecule has 0 aromatic heterocycles. The van der Waals surface area contributed by atoms with E-state index in [0.29, 0.717) is 5.69 Å². The number of anilines is 1. The predicted octanol–water partition coefficient (Wildman–Crippen LogP) is 2.23. The van der Waals surface area contributed by atoms with Crippen LogP contribution in [0.3, 0.4) is 0 Å². The maximum absolute atomic E-state index is 12.1. The lowest BCUT2D eigenvalue weighted by Gasteiger charge is -2.14. The Hall–Kier alpha value is -2.71. The van der Waals surface area contributed by atoms with E-state index in [1.807, 2.05) is 19.1 Å². The fourth-order valence-electron chi connectivity index (χ4n) is 2.16. The van der Waals surface area contributed by atoms with Crippen LogP contribution in [0.25, 0.3) is 0 Å². The van der Waals surface area contributed by atoms with Gasteiger partial charge in [0, 0.05) is 12.2 Å². The molecule has 0 radical (unpaired) electrons. The molecule has 1 atom stereocenters. The third-order valence-corrected chi connectivity index (χ3v) is 5.15. The first kappa shape index (κ1) is 20.6. The molecule has 2 aromatic rings. The van der Waals surface area contributed by atoms with Crippen LogP contribution in [-0.4, -0.2) is 32.9 Å². The van der Waals surface area contributed by atoms with Crippen molar-refractivity contribution in [3.63, 3.8) is 0 Å². The topological polar surface area (TPSA) is 102 Å². The van der Waals surface area contributed by atoms with E-state index in [-0.39, 0.29) is 17.9 Å². The quantitative estimate of drug-likeness (QED) is 0.673. The summed E-state index contributed by atoms with van der Waals surface area (Å²) in [6.45, 7) is 3.26. The number of benzene rings is 2. The van der Waals surface area contributed by atoms with E-state index in [9.17, 15) is 18.0 Å². The molecule has 0 saturated heterocycles. The molecule has 8 heteroatoms.